The number of aromatic hydroxyl groups is 1. The molecule has 0 aliphatic carbocycles. The van der Waals surface area contributed by atoms with E-state index in [9.17, 15) is 34.5 Å². The van der Waals surface area contributed by atoms with Gasteiger partial charge in [0.15, 0.2) is 17.0 Å². The summed E-state index contributed by atoms with van der Waals surface area (Å²) < 4.78 is 0. The third-order valence-electron chi connectivity index (χ3n) is 7.66. The van der Waals surface area contributed by atoms with Gasteiger partial charge < -0.3 is 42.3 Å². The molecule has 4 aromatic rings. The first-order valence-electron chi connectivity index (χ1n) is 15.3. The summed E-state index contributed by atoms with van der Waals surface area (Å²) in [5.41, 5.74) is 14.3. The lowest BCUT2D eigenvalue weighted by molar-refractivity contribution is -0.142. The fraction of sp³-hybridized carbons (Fsp3) is 0.333. The number of nitrogens with two attached hydrogens (primary N) is 2. The van der Waals surface area contributed by atoms with Gasteiger partial charge >= 0.3 is 11.9 Å². The average Bonchev–Trinajstić information content (AvgIpc) is 3.03. The van der Waals surface area contributed by atoms with Gasteiger partial charge in [-0.15, -0.1) is 0 Å². The minimum absolute atomic E-state index is 0.00748. The van der Waals surface area contributed by atoms with Crippen LogP contribution in [-0.2, 0) is 32.8 Å². The zero-order valence-electron chi connectivity index (χ0n) is 27.5. The molecule has 0 bridgehead atoms. The fourth-order valence-corrected chi connectivity index (χ4v) is 5.06. The van der Waals surface area contributed by atoms with Crippen molar-refractivity contribution >= 4 is 52.4 Å². The molecule has 2 amide bonds. The molecule has 0 fully saturated rings. The number of nitrogens with zero attached hydrogens (tertiary/aromatic N) is 5. The van der Waals surface area contributed by atoms with Crippen LogP contribution in [0.25, 0.3) is 11.2 Å². The van der Waals surface area contributed by atoms with Crippen LogP contribution in [0.3, 0.4) is 0 Å². The number of anilines is 3. The predicted octanol–water partition coefficient (Wildman–Crippen LogP) is 2.00. The first kappa shape index (κ1) is 35.8. The number of benzene rings is 2. The number of hydrogen-bond acceptors (Lipinski definition) is 12. The maximum atomic E-state index is 13.3. The summed E-state index contributed by atoms with van der Waals surface area (Å²) in [5.74, 6) is -3.85. The third kappa shape index (κ3) is 9.27. The summed E-state index contributed by atoms with van der Waals surface area (Å²) in [4.78, 5) is 68.4. The number of fused-ring (bicyclic) bond motifs is 1. The molecule has 9 N–H and O–H groups in total. The molecular weight excluding hydrogens is 634 g/mol. The molecule has 0 saturated carbocycles. The van der Waals surface area contributed by atoms with E-state index in [0.29, 0.717) is 34.6 Å². The van der Waals surface area contributed by atoms with Gasteiger partial charge in [0.25, 0.3) is 5.91 Å². The van der Waals surface area contributed by atoms with Crippen molar-refractivity contribution < 1.29 is 34.5 Å². The Bertz CT molecular complexity index is 1880. The van der Waals surface area contributed by atoms with Crippen molar-refractivity contribution in [2.24, 2.45) is 0 Å². The molecule has 0 aliphatic rings. The molecule has 0 spiro atoms. The maximum Gasteiger partial charge on any atom is 0.326 e. The molecule has 49 heavy (non-hydrogen) atoms. The van der Waals surface area contributed by atoms with E-state index < -0.39 is 47.7 Å². The predicted molar refractivity (Wildman–Crippen MR) is 181 cm³/mol. The van der Waals surface area contributed by atoms with Gasteiger partial charge in [-0.2, -0.15) is 9.97 Å². The second-order valence-electron chi connectivity index (χ2n) is 12.6. The van der Waals surface area contributed by atoms with Crippen LogP contribution in [0.15, 0.2) is 48.7 Å². The third-order valence-corrected chi connectivity index (χ3v) is 7.66. The summed E-state index contributed by atoms with van der Waals surface area (Å²) in [7, 11) is 1.80. The molecule has 258 valence electrons. The number of aliphatic carboxylic acids is 2. The van der Waals surface area contributed by atoms with E-state index in [1.165, 1.54) is 24.4 Å². The van der Waals surface area contributed by atoms with Crippen molar-refractivity contribution in [1.82, 2.24) is 30.6 Å². The molecule has 2 heterocycles. The second kappa shape index (κ2) is 14.8. The largest absolute Gasteiger partial charge is 0.508 e. The summed E-state index contributed by atoms with van der Waals surface area (Å²) in [6.45, 7) is 6.02. The topological polar surface area (TPSA) is 260 Å². The Hall–Kier alpha value is -6.06. The number of carboxylic acid groups (broad SMARTS) is 2. The molecule has 2 atom stereocenters. The van der Waals surface area contributed by atoms with Gasteiger partial charge in [-0.05, 0) is 53.3 Å². The SMILES string of the molecule is CN(Cc1cnc2nc(N)nc(N)c2n1)c1ccc(C(=O)N[C@@H](CCC(=O)O)C(=O)N[C@@H](Cc2ccc(O)c(C(C)(C)C)c2)C(=O)O)cc1. The van der Waals surface area contributed by atoms with Crippen molar-refractivity contribution in [3.05, 3.63) is 71.0 Å². The lowest BCUT2D eigenvalue weighted by Crippen LogP contribution is -2.52. The zero-order chi connectivity index (χ0) is 36.0. The highest BCUT2D eigenvalue weighted by Gasteiger charge is 2.28. The van der Waals surface area contributed by atoms with Crippen molar-refractivity contribution in [2.75, 3.05) is 23.4 Å². The standard InChI is InChI=1S/C33H39N9O7/c1-33(2,3)21-13-17(5-11-24(21)43)14-23(31(48)49)39-30(47)22(10-12-25(44)45)38-29(46)18-6-8-20(9-7-18)42(4)16-19-15-36-28-26(37-19)27(34)40-32(35)41-28/h5-9,11,13,15,22-23,43H,10,12,14,16H2,1-4H3,(H,38,46)(H,39,47)(H,44,45)(H,48,49)(H4,34,35,36,40,41)/t22-,23-/m0/s1. The summed E-state index contributed by atoms with van der Waals surface area (Å²) in [6, 6.07) is 8.41. The van der Waals surface area contributed by atoms with Gasteiger partial charge in [0.05, 0.1) is 18.4 Å². The van der Waals surface area contributed by atoms with Crippen LogP contribution >= 0.6 is 0 Å². The highest BCUT2D eigenvalue weighted by molar-refractivity contribution is 5.98. The van der Waals surface area contributed by atoms with Crippen molar-refractivity contribution in [2.45, 2.75) is 64.1 Å². The fourth-order valence-electron chi connectivity index (χ4n) is 5.06. The van der Waals surface area contributed by atoms with Crippen LogP contribution in [0.1, 0.15) is 60.8 Å². The van der Waals surface area contributed by atoms with Crippen LogP contribution in [0.4, 0.5) is 17.5 Å². The smallest absolute Gasteiger partial charge is 0.326 e. The van der Waals surface area contributed by atoms with E-state index in [4.69, 9.17) is 11.5 Å². The molecule has 0 radical (unpaired) electrons. The quantitative estimate of drug-likeness (QED) is 0.107. The molecule has 4 rings (SSSR count). The molecule has 0 saturated heterocycles. The normalized spacial score (nSPS) is 12.6. The van der Waals surface area contributed by atoms with Crippen LogP contribution < -0.4 is 27.0 Å². The van der Waals surface area contributed by atoms with E-state index in [1.54, 1.807) is 31.3 Å². The highest BCUT2D eigenvalue weighted by Crippen LogP contribution is 2.31. The van der Waals surface area contributed by atoms with E-state index >= 15 is 0 Å². The first-order chi connectivity index (χ1) is 23.0. The van der Waals surface area contributed by atoms with Gasteiger partial charge in [-0.3, -0.25) is 14.4 Å². The minimum Gasteiger partial charge on any atom is -0.508 e. The Morgan fingerprint density at radius 1 is 0.939 bits per heavy atom. The van der Waals surface area contributed by atoms with E-state index in [0.717, 1.165) is 0 Å². The Morgan fingerprint density at radius 3 is 2.27 bits per heavy atom. The maximum absolute atomic E-state index is 13.3. The number of carbonyl (C=O) groups is 4. The summed E-state index contributed by atoms with van der Waals surface area (Å²) in [5, 5.41) is 34.4. The number of nitrogens with one attached hydrogen (secondary N) is 2. The number of hydrogen-bond donors (Lipinski definition) is 7. The number of carboxylic acids is 2. The van der Waals surface area contributed by atoms with Gasteiger partial charge in [-0.25, -0.2) is 14.8 Å². The Balaban J connectivity index is 1.44. The molecule has 0 unspecified atom stereocenters. The Labute approximate surface area is 281 Å². The average molecular weight is 674 g/mol. The van der Waals surface area contributed by atoms with Gasteiger partial charge in [-0.1, -0.05) is 32.9 Å². The van der Waals surface area contributed by atoms with Crippen molar-refractivity contribution in [3.8, 4) is 5.75 Å². The lowest BCUT2D eigenvalue weighted by atomic mass is 9.85. The second-order valence-corrected chi connectivity index (χ2v) is 12.6. The molecule has 2 aromatic heterocycles. The van der Waals surface area contributed by atoms with E-state index in [-0.39, 0.29) is 41.6 Å². The van der Waals surface area contributed by atoms with Gasteiger partial charge in [0.1, 0.15) is 17.8 Å². The van der Waals surface area contributed by atoms with Crippen LogP contribution in [-0.4, -0.2) is 78.1 Å². The molecule has 2 aromatic carbocycles. The summed E-state index contributed by atoms with van der Waals surface area (Å²) >= 11 is 0. The molecule has 16 nitrogen and oxygen atoms in total. The molecule has 16 heteroatoms. The number of aromatic nitrogens is 4. The summed E-state index contributed by atoms with van der Waals surface area (Å²) in [6.07, 6.45) is 0.704. The Morgan fingerprint density at radius 2 is 1.63 bits per heavy atom. The minimum atomic E-state index is -1.39. The number of rotatable bonds is 13. The number of phenols is 1. The zero-order valence-corrected chi connectivity index (χ0v) is 27.5. The number of carbonyl (C=O) groups excluding carboxylic acids is 2. The van der Waals surface area contributed by atoms with Crippen molar-refractivity contribution in [3.63, 3.8) is 0 Å². The van der Waals surface area contributed by atoms with Crippen LogP contribution in [0, 0.1) is 0 Å². The van der Waals surface area contributed by atoms with E-state index in [1.807, 2.05) is 25.7 Å². The number of phenolic OH excluding ortho intramolecular Hbond substituents is 1. The Kier molecular flexibility index (Phi) is 10.8. The molecular formula is C33H39N9O7. The first-order valence-corrected chi connectivity index (χ1v) is 15.3. The van der Waals surface area contributed by atoms with Gasteiger partial charge in [0, 0.05) is 31.1 Å². The van der Waals surface area contributed by atoms with Crippen LogP contribution in [0.5, 0.6) is 5.75 Å². The van der Waals surface area contributed by atoms with Crippen LogP contribution in [0.2, 0.25) is 0 Å². The van der Waals surface area contributed by atoms with E-state index in [2.05, 4.69) is 30.6 Å². The lowest BCUT2D eigenvalue weighted by Gasteiger charge is -2.23. The van der Waals surface area contributed by atoms with Crippen molar-refractivity contribution in [1.29, 1.82) is 0 Å². The molecule has 0 aliphatic heterocycles. The highest BCUT2D eigenvalue weighted by atomic mass is 16.4. The number of nitrogen functional groups attached to an aromatic ring is 2. The van der Waals surface area contributed by atoms with Gasteiger partial charge in [0.2, 0.25) is 11.9 Å². The monoisotopic (exact) mass is 673 g/mol. The number of amides is 2.